The third-order valence-corrected chi connectivity index (χ3v) is 5.45. The van der Waals surface area contributed by atoms with E-state index < -0.39 is 5.97 Å². The second-order valence-corrected chi connectivity index (χ2v) is 7.50. The van der Waals surface area contributed by atoms with E-state index in [0.717, 1.165) is 25.9 Å². The van der Waals surface area contributed by atoms with Crippen LogP contribution in [0.3, 0.4) is 0 Å². The second-order valence-electron chi connectivity index (χ2n) is 7.50. The maximum absolute atomic E-state index is 14.2. The number of nitrogens with zero attached hydrogens (tertiary/aromatic N) is 1. The quantitative estimate of drug-likeness (QED) is 0.678. The molecule has 4 nitrogen and oxygen atoms in total. The lowest BCUT2D eigenvalue weighted by molar-refractivity contribution is -0.136. The summed E-state index contributed by atoms with van der Waals surface area (Å²) in [6.45, 7) is 7.21. The number of halogens is 1. The van der Waals surface area contributed by atoms with Crippen molar-refractivity contribution in [3.63, 3.8) is 0 Å². The van der Waals surface area contributed by atoms with Gasteiger partial charge in [0.25, 0.3) is 0 Å². The van der Waals surface area contributed by atoms with Gasteiger partial charge in [-0.25, -0.2) is 4.39 Å². The topological polar surface area (TPSA) is 52.6 Å². The zero-order valence-corrected chi connectivity index (χ0v) is 16.7. The number of fused-ring (bicyclic) bond motifs is 1. The zero-order chi connectivity index (χ0) is 20.1. The monoisotopic (exact) mass is 384 g/mol. The Morgan fingerprint density at radius 2 is 2.04 bits per heavy atom. The molecule has 2 N–H and O–H groups in total. The molecular weight excluding hydrogens is 355 g/mol. The van der Waals surface area contributed by atoms with Crippen molar-refractivity contribution in [2.75, 3.05) is 23.3 Å². The van der Waals surface area contributed by atoms with Crippen LogP contribution in [0.25, 0.3) is 0 Å². The van der Waals surface area contributed by atoms with Crippen molar-refractivity contribution in [2.24, 2.45) is 0 Å². The normalized spacial score (nSPS) is 13.3. The van der Waals surface area contributed by atoms with Crippen LogP contribution in [0.5, 0.6) is 0 Å². The summed E-state index contributed by atoms with van der Waals surface area (Å²) in [6, 6.07) is 9.35. The molecule has 0 aliphatic carbocycles. The molecular formula is C23H29FN2O2. The number of carboxylic acids is 1. The predicted molar refractivity (Wildman–Crippen MR) is 112 cm³/mol. The lowest BCUT2D eigenvalue weighted by Crippen LogP contribution is -2.31. The number of carbonyl (C=O) groups is 1. The number of benzene rings is 2. The highest BCUT2D eigenvalue weighted by Gasteiger charge is 2.19. The van der Waals surface area contributed by atoms with Crippen LogP contribution in [0.4, 0.5) is 15.8 Å². The maximum Gasteiger partial charge on any atom is 0.303 e. The van der Waals surface area contributed by atoms with Gasteiger partial charge < -0.3 is 15.3 Å². The van der Waals surface area contributed by atoms with Crippen molar-refractivity contribution in [2.45, 2.75) is 52.5 Å². The number of aliphatic carboxylic acids is 1. The summed E-state index contributed by atoms with van der Waals surface area (Å²) in [5.41, 5.74) is 6.47. The van der Waals surface area contributed by atoms with Crippen LogP contribution in [0.1, 0.15) is 48.4 Å². The van der Waals surface area contributed by atoms with E-state index in [1.165, 1.54) is 34.9 Å². The molecule has 0 fully saturated rings. The Morgan fingerprint density at radius 1 is 1.25 bits per heavy atom. The van der Waals surface area contributed by atoms with Crippen LogP contribution in [0.2, 0.25) is 0 Å². The van der Waals surface area contributed by atoms with E-state index in [4.69, 9.17) is 5.11 Å². The van der Waals surface area contributed by atoms with Crippen LogP contribution in [-0.4, -0.2) is 24.2 Å². The Bertz CT molecular complexity index is 851. The minimum Gasteiger partial charge on any atom is -0.481 e. The molecule has 0 atom stereocenters. The molecule has 3 rings (SSSR count). The fourth-order valence-electron chi connectivity index (χ4n) is 4.00. The van der Waals surface area contributed by atoms with Gasteiger partial charge in [0.1, 0.15) is 5.82 Å². The Kier molecular flexibility index (Phi) is 6.55. The van der Waals surface area contributed by atoms with Crippen molar-refractivity contribution >= 4 is 17.3 Å². The highest BCUT2D eigenvalue weighted by molar-refractivity contribution is 5.67. The lowest BCUT2D eigenvalue weighted by Gasteiger charge is -2.33. The molecule has 0 radical (unpaired) electrons. The van der Waals surface area contributed by atoms with E-state index in [2.05, 4.69) is 36.2 Å². The zero-order valence-electron chi connectivity index (χ0n) is 16.7. The minimum absolute atomic E-state index is 0.0632. The van der Waals surface area contributed by atoms with Gasteiger partial charge in [0.05, 0.1) is 0 Å². The molecule has 150 valence electrons. The molecule has 0 aromatic heterocycles. The van der Waals surface area contributed by atoms with Crippen LogP contribution in [0.15, 0.2) is 30.3 Å². The summed E-state index contributed by atoms with van der Waals surface area (Å²) in [7, 11) is 0. The van der Waals surface area contributed by atoms with Gasteiger partial charge in [-0.3, -0.25) is 4.79 Å². The number of aryl methyl sites for hydroxylation is 2. The molecule has 2 aromatic carbocycles. The van der Waals surface area contributed by atoms with Gasteiger partial charge in [0.15, 0.2) is 0 Å². The number of nitrogens with one attached hydrogen (secondary N) is 1. The molecule has 2 aromatic rings. The second kappa shape index (κ2) is 9.09. The van der Waals surface area contributed by atoms with Crippen molar-refractivity contribution in [1.29, 1.82) is 0 Å². The Balaban J connectivity index is 1.72. The highest BCUT2D eigenvalue weighted by atomic mass is 19.1. The Morgan fingerprint density at radius 3 is 2.75 bits per heavy atom. The summed E-state index contributed by atoms with van der Waals surface area (Å²) >= 11 is 0. The molecule has 0 amide bonds. The maximum atomic E-state index is 14.2. The first kappa shape index (κ1) is 20.2. The van der Waals surface area contributed by atoms with Gasteiger partial charge in [-0.05, 0) is 67.0 Å². The predicted octanol–water partition coefficient (Wildman–Crippen LogP) is 4.93. The summed E-state index contributed by atoms with van der Waals surface area (Å²) in [5.74, 6) is -1.27. The van der Waals surface area contributed by atoms with Crippen molar-refractivity contribution in [3.8, 4) is 0 Å². The number of hydrogen-bond donors (Lipinski definition) is 2. The lowest BCUT2D eigenvalue weighted by atomic mass is 9.94. The summed E-state index contributed by atoms with van der Waals surface area (Å²) < 4.78 is 14.2. The number of hydrogen-bond acceptors (Lipinski definition) is 3. The fourth-order valence-corrected chi connectivity index (χ4v) is 4.00. The van der Waals surface area contributed by atoms with Crippen molar-refractivity contribution < 1.29 is 14.3 Å². The molecule has 5 heteroatoms. The van der Waals surface area contributed by atoms with E-state index in [9.17, 15) is 9.18 Å². The summed E-state index contributed by atoms with van der Waals surface area (Å²) in [5, 5.41) is 12.1. The molecule has 28 heavy (non-hydrogen) atoms. The average molecular weight is 384 g/mol. The third kappa shape index (κ3) is 4.64. The van der Waals surface area contributed by atoms with E-state index in [-0.39, 0.29) is 18.7 Å². The minimum atomic E-state index is -0.915. The molecule has 0 saturated carbocycles. The van der Waals surface area contributed by atoms with Crippen LogP contribution in [0, 0.1) is 12.7 Å². The van der Waals surface area contributed by atoms with Gasteiger partial charge in [-0.15, -0.1) is 0 Å². The largest absolute Gasteiger partial charge is 0.481 e. The Hall–Kier alpha value is -2.56. The van der Waals surface area contributed by atoms with E-state index >= 15 is 0 Å². The number of anilines is 2. The molecule has 0 bridgehead atoms. The van der Waals surface area contributed by atoms with Gasteiger partial charge in [0.2, 0.25) is 0 Å². The van der Waals surface area contributed by atoms with Gasteiger partial charge in [-0.2, -0.15) is 0 Å². The van der Waals surface area contributed by atoms with Crippen molar-refractivity contribution in [1.82, 2.24) is 0 Å². The van der Waals surface area contributed by atoms with Gasteiger partial charge in [-0.1, -0.05) is 25.1 Å². The molecule has 0 spiro atoms. The third-order valence-electron chi connectivity index (χ3n) is 5.45. The smallest absolute Gasteiger partial charge is 0.303 e. The summed E-state index contributed by atoms with van der Waals surface area (Å²) in [4.78, 5) is 13.2. The molecule has 0 saturated heterocycles. The van der Waals surface area contributed by atoms with Gasteiger partial charge in [0, 0.05) is 37.4 Å². The molecule has 1 aliphatic heterocycles. The standard InChI is InChI=1S/C23H29FN2O2/c1-3-12-26-13-4-5-18-6-7-19(16(2)23(18)26)15-25-20-10-8-17(21(24)14-20)9-11-22(27)28/h6-8,10,14,25H,3-5,9,11-13,15H2,1-2H3,(H,27,28). The van der Waals surface area contributed by atoms with Gasteiger partial charge >= 0.3 is 5.97 Å². The van der Waals surface area contributed by atoms with Crippen LogP contribution >= 0.6 is 0 Å². The first-order valence-corrected chi connectivity index (χ1v) is 10.1. The highest BCUT2D eigenvalue weighted by Crippen LogP contribution is 2.33. The van der Waals surface area contributed by atoms with E-state index in [1.54, 1.807) is 6.07 Å². The van der Waals surface area contributed by atoms with Crippen LogP contribution in [-0.2, 0) is 24.2 Å². The SMILES string of the molecule is CCCN1CCCc2ccc(CNc3ccc(CCC(=O)O)c(F)c3)c(C)c21. The van der Waals surface area contributed by atoms with E-state index in [1.807, 2.05) is 6.07 Å². The average Bonchev–Trinajstić information content (AvgIpc) is 2.67. The fraction of sp³-hybridized carbons (Fsp3) is 0.435. The Labute approximate surface area is 166 Å². The van der Waals surface area contributed by atoms with Crippen molar-refractivity contribution in [3.05, 3.63) is 58.4 Å². The number of carboxylic acid groups (broad SMARTS) is 1. The molecule has 1 heterocycles. The van der Waals surface area contributed by atoms with E-state index in [0.29, 0.717) is 17.8 Å². The first-order chi connectivity index (χ1) is 13.5. The number of rotatable bonds is 8. The summed E-state index contributed by atoms with van der Waals surface area (Å²) in [6.07, 6.45) is 3.62. The molecule has 0 unspecified atom stereocenters. The molecule has 1 aliphatic rings. The first-order valence-electron chi connectivity index (χ1n) is 10.1. The van der Waals surface area contributed by atoms with Crippen LogP contribution < -0.4 is 10.2 Å².